The normalized spacial score (nSPS) is 19.2. The maximum absolute atomic E-state index is 3.21. The molecule has 1 radical (unpaired) electrons. The fourth-order valence-electron chi connectivity index (χ4n) is 0.786. The Morgan fingerprint density at radius 2 is 1.70 bits per heavy atom. The van der Waals surface area contributed by atoms with Gasteiger partial charge in [0.25, 0.3) is 0 Å². The van der Waals surface area contributed by atoms with E-state index in [-0.39, 0.29) is 29.5 Å². The van der Waals surface area contributed by atoms with Gasteiger partial charge in [-0.3, -0.25) is 0 Å². The van der Waals surface area contributed by atoms with E-state index >= 15 is 0 Å². The van der Waals surface area contributed by atoms with Crippen molar-refractivity contribution in [1.82, 2.24) is 0 Å². The molecule has 0 aromatic carbocycles. The quantitative estimate of drug-likeness (QED) is 0.369. The zero-order valence-electron chi connectivity index (χ0n) is 5.74. The van der Waals surface area contributed by atoms with Gasteiger partial charge >= 0.3 is 17.1 Å². The Bertz CT molecular complexity index is 81.8. The van der Waals surface area contributed by atoms with Gasteiger partial charge in [-0.05, 0) is 31.8 Å². The summed E-state index contributed by atoms with van der Waals surface area (Å²) in [5, 5.41) is 0. The number of hydrogen-bond donors (Lipinski definition) is 0. The van der Waals surface area contributed by atoms with E-state index < -0.39 is 0 Å². The van der Waals surface area contributed by atoms with E-state index in [1.54, 1.807) is 0 Å². The van der Waals surface area contributed by atoms with E-state index in [9.17, 15) is 0 Å². The molecule has 0 bridgehead atoms. The molecule has 2 heteroatoms. The van der Waals surface area contributed by atoms with E-state index in [0.717, 1.165) is 6.42 Å². The summed E-state index contributed by atoms with van der Waals surface area (Å²) in [7, 11) is 0. The summed E-state index contributed by atoms with van der Waals surface area (Å²) < 4.78 is 0. The van der Waals surface area contributed by atoms with E-state index in [4.69, 9.17) is 0 Å². The Morgan fingerprint density at radius 3 is 2.50 bits per heavy atom. The van der Waals surface area contributed by atoms with Crippen molar-refractivity contribution in [3.8, 4) is 0 Å². The zero-order chi connectivity index (χ0) is 5.66. The molecule has 1 rings (SSSR count). The molecular weight excluding hydrogens is 195 g/mol. The molecule has 0 N–H and O–H groups in total. The Kier molecular flexibility index (Phi) is 12.0. The van der Waals surface area contributed by atoms with Crippen molar-refractivity contribution in [2.45, 2.75) is 25.7 Å². The van der Waals surface area contributed by atoms with Crippen LogP contribution in [0.2, 0.25) is 0 Å². The van der Waals surface area contributed by atoms with Gasteiger partial charge in [0.05, 0.1) is 0 Å². The Morgan fingerprint density at radius 1 is 1.00 bits per heavy atom. The van der Waals surface area contributed by atoms with Crippen molar-refractivity contribution in [3.05, 3.63) is 24.3 Å². The van der Waals surface area contributed by atoms with Gasteiger partial charge in [-0.1, -0.05) is 18.2 Å². The van der Waals surface area contributed by atoms with Gasteiger partial charge in [-0.15, -0.1) is 0 Å². The fraction of sp³-hybridized carbons (Fsp3) is 0.500. The third-order valence-corrected chi connectivity index (χ3v) is 1.24. The molecule has 0 spiro atoms. The minimum Gasteiger partial charge on any atom is -1.00 e. The Hall–Kier alpha value is 0.289. The molecule has 0 heterocycles. The number of allylic oxidation sites excluding steroid dienone is 4. The minimum atomic E-state index is 0. The van der Waals surface area contributed by atoms with Crippen LogP contribution in [0.1, 0.15) is 25.7 Å². The van der Waals surface area contributed by atoms with Crippen LogP contribution < -0.4 is 12.4 Å². The monoisotopic (exact) mass is 205 g/mol. The summed E-state index contributed by atoms with van der Waals surface area (Å²) in [5.41, 5.74) is 0. The van der Waals surface area contributed by atoms with Crippen LogP contribution in [0, 0.1) is 6.08 Å². The molecule has 0 aromatic rings. The van der Waals surface area contributed by atoms with Gasteiger partial charge < -0.3 is 12.4 Å². The standard InChI is InChI=1S/C8H11.ClH.Cu/c1-2-4-6-8-7-5-3-1;;/h1-2,7H,3-6H2;1H;/q;;+1/p-1/b2-1-,8-7?;;. The smallest absolute Gasteiger partial charge is 1.00 e. The average Bonchev–Trinajstić information content (AvgIpc) is 1.62. The van der Waals surface area contributed by atoms with Gasteiger partial charge in [0.1, 0.15) is 0 Å². The topological polar surface area (TPSA) is 0 Å². The van der Waals surface area contributed by atoms with E-state index in [0.29, 0.717) is 0 Å². The van der Waals surface area contributed by atoms with Crippen molar-refractivity contribution in [1.29, 1.82) is 0 Å². The van der Waals surface area contributed by atoms with Crippen LogP contribution in [-0.4, -0.2) is 0 Å². The molecule has 0 nitrogen and oxygen atoms in total. The number of hydrogen-bond acceptors (Lipinski definition) is 0. The molecule has 0 saturated heterocycles. The van der Waals surface area contributed by atoms with Gasteiger partial charge in [-0.2, -0.15) is 0 Å². The van der Waals surface area contributed by atoms with Crippen LogP contribution in [0.3, 0.4) is 0 Å². The van der Waals surface area contributed by atoms with E-state index in [1.165, 1.54) is 19.3 Å². The first-order valence-corrected chi connectivity index (χ1v) is 3.20. The second-order valence-corrected chi connectivity index (χ2v) is 2.00. The Balaban J connectivity index is 0. The van der Waals surface area contributed by atoms with Crippen molar-refractivity contribution in [2.24, 2.45) is 0 Å². The molecule has 0 amide bonds. The maximum Gasteiger partial charge on any atom is 1.00 e. The summed E-state index contributed by atoms with van der Waals surface area (Å²) in [4.78, 5) is 0. The van der Waals surface area contributed by atoms with Gasteiger partial charge in [0.2, 0.25) is 0 Å². The minimum absolute atomic E-state index is 0. The number of rotatable bonds is 0. The third-order valence-electron chi connectivity index (χ3n) is 1.24. The molecule has 10 heavy (non-hydrogen) atoms. The van der Waals surface area contributed by atoms with Gasteiger partial charge in [-0.25, -0.2) is 0 Å². The predicted octanol–water partition coefficient (Wildman–Crippen LogP) is -0.523. The first-order valence-electron chi connectivity index (χ1n) is 3.20. The fourth-order valence-corrected chi connectivity index (χ4v) is 0.786. The molecule has 1 aliphatic carbocycles. The second-order valence-electron chi connectivity index (χ2n) is 2.00. The zero-order valence-corrected chi connectivity index (χ0v) is 7.44. The van der Waals surface area contributed by atoms with Crippen LogP contribution in [-0.2, 0) is 17.1 Å². The predicted molar refractivity (Wildman–Crippen MR) is 35.4 cm³/mol. The molecule has 0 unspecified atom stereocenters. The molecule has 0 aromatic heterocycles. The van der Waals surface area contributed by atoms with Crippen LogP contribution in [0.25, 0.3) is 0 Å². The van der Waals surface area contributed by atoms with E-state index in [2.05, 4.69) is 24.3 Å². The summed E-state index contributed by atoms with van der Waals surface area (Å²) in [6.45, 7) is 0. The third kappa shape index (κ3) is 6.41. The summed E-state index contributed by atoms with van der Waals surface area (Å²) in [6, 6.07) is 0. The molecule has 61 valence electrons. The largest absolute Gasteiger partial charge is 1.00 e. The van der Waals surface area contributed by atoms with E-state index in [1.807, 2.05) is 0 Å². The molecule has 0 saturated carbocycles. The van der Waals surface area contributed by atoms with Gasteiger partial charge in [0, 0.05) is 0 Å². The maximum atomic E-state index is 3.21. The van der Waals surface area contributed by atoms with Crippen molar-refractivity contribution >= 4 is 0 Å². The first-order chi connectivity index (χ1) is 4.00. The molecule has 0 aliphatic heterocycles. The van der Waals surface area contributed by atoms with Gasteiger partial charge in [0.15, 0.2) is 0 Å². The Labute approximate surface area is 79.7 Å². The second kappa shape index (κ2) is 9.29. The summed E-state index contributed by atoms with van der Waals surface area (Å²) in [6.07, 6.45) is 14.5. The summed E-state index contributed by atoms with van der Waals surface area (Å²) >= 11 is 0. The number of halogens is 1. The van der Waals surface area contributed by atoms with Crippen molar-refractivity contribution < 1.29 is 29.5 Å². The van der Waals surface area contributed by atoms with Crippen LogP contribution in [0.5, 0.6) is 0 Å². The van der Waals surface area contributed by atoms with Crippen molar-refractivity contribution in [2.75, 3.05) is 0 Å². The van der Waals surface area contributed by atoms with Crippen LogP contribution >= 0.6 is 0 Å². The van der Waals surface area contributed by atoms with Crippen molar-refractivity contribution in [3.63, 3.8) is 0 Å². The SMILES string of the molecule is [C]1=CCC/C=C\CC1.[Cl-].[Cu+]. The summed E-state index contributed by atoms with van der Waals surface area (Å²) in [5.74, 6) is 0. The van der Waals surface area contributed by atoms with Crippen LogP contribution in [0.4, 0.5) is 0 Å². The first kappa shape index (κ1) is 12.9. The average molecular weight is 206 g/mol. The van der Waals surface area contributed by atoms with Crippen LogP contribution in [0.15, 0.2) is 18.2 Å². The molecule has 0 fully saturated rings. The molecular formula is C8H11ClCu. The molecule has 0 atom stereocenters. The molecule has 1 aliphatic rings.